The van der Waals surface area contributed by atoms with Crippen molar-refractivity contribution in [2.75, 3.05) is 0 Å². The number of nitrogens with zero attached hydrogens (tertiary/aromatic N) is 1. The molecule has 5 heteroatoms. The Balaban J connectivity index is 3.05. The molecule has 1 aromatic rings. The third kappa shape index (κ3) is 1.59. The Hall–Kier alpha value is -0.840. The lowest BCUT2D eigenvalue weighted by Gasteiger charge is -1.86. The second-order valence-electron chi connectivity index (χ2n) is 2.07. The molecule has 0 aromatic carbocycles. The first-order chi connectivity index (χ1) is 5.15. The molecule has 0 aliphatic heterocycles. The molecule has 0 radical (unpaired) electrons. The third-order valence-electron chi connectivity index (χ3n) is 1.32. The molecular formula is C6H8BrN3O. The molecule has 0 atom stereocenters. The Labute approximate surface area is 72.3 Å². The van der Waals surface area contributed by atoms with E-state index in [1.54, 1.807) is 0 Å². The predicted octanol–water partition coefficient (Wildman–Crippen LogP) is 0.833. The Morgan fingerprint density at radius 2 is 2.45 bits per heavy atom. The van der Waals surface area contributed by atoms with Gasteiger partial charge in [0.05, 0.1) is 0 Å². The van der Waals surface area contributed by atoms with E-state index < -0.39 is 5.91 Å². The normalized spacial score (nSPS) is 10.0. The van der Waals surface area contributed by atoms with Crippen LogP contribution in [0.4, 0.5) is 0 Å². The molecular weight excluding hydrogens is 210 g/mol. The van der Waals surface area contributed by atoms with Crippen molar-refractivity contribution in [1.82, 2.24) is 9.97 Å². The number of rotatable bonds is 2. The maximum atomic E-state index is 10.6. The van der Waals surface area contributed by atoms with Gasteiger partial charge in [-0.3, -0.25) is 4.79 Å². The molecule has 0 saturated carbocycles. The lowest BCUT2D eigenvalue weighted by molar-refractivity contribution is 0.0991. The molecule has 0 saturated heterocycles. The summed E-state index contributed by atoms with van der Waals surface area (Å²) in [6, 6.07) is 0. The van der Waals surface area contributed by atoms with E-state index in [4.69, 9.17) is 5.73 Å². The second kappa shape index (κ2) is 3.04. The number of H-pyrrole nitrogens is 1. The van der Waals surface area contributed by atoms with Crippen LogP contribution >= 0.6 is 15.9 Å². The number of nitrogens with one attached hydrogen (secondary N) is 1. The van der Waals surface area contributed by atoms with Gasteiger partial charge >= 0.3 is 0 Å². The van der Waals surface area contributed by atoms with Crippen LogP contribution in [0.1, 0.15) is 23.2 Å². The van der Waals surface area contributed by atoms with Gasteiger partial charge in [-0.1, -0.05) is 6.92 Å². The Bertz CT molecular complexity index is 281. The monoisotopic (exact) mass is 217 g/mol. The van der Waals surface area contributed by atoms with Crippen LogP contribution in [0.2, 0.25) is 0 Å². The van der Waals surface area contributed by atoms with Gasteiger partial charge in [-0.15, -0.1) is 0 Å². The SMILES string of the molecule is CCc1[nH]c(C(N)=O)nc1Br. The summed E-state index contributed by atoms with van der Waals surface area (Å²) in [5.41, 5.74) is 5.88. The van der Waals surface area contributed by atoms with Crippen LogP contribution in [0.5, 0.6) is 0 Å². The van der Waals surface area contributed by atoms with Crippen molar-refractivity contribution in [3.05, 3.63) is 16.1 Å². The van der Waals surface area contributed by atoms with Gasteiger partial charge in [0.25, 0.3) is 5.91 Å². The highest BCUT2D eigenvalue weighted by atomic mass is 79.9. The number of aryl methyl sites for hydroxylation is 1. The van der Waals surface area contributed by atoms with Crippen molar-refractivity contribution in [2.24, 2.45) is 5.73 Å². The minimum absolute atomic E-state index is 0.203. The fraction of sp³-hybridized carbons (Fsp3) is 0.333. The first-order valence-corrected chi connectivity index (χ1v) is 3.98. The van der Waals surface area contributed by atoms with Crippen LogP contribution in [-0.2, 0) is 6.42 Å². The Morgan fingerprint density at radius 3 is 2.73 bits per heavy atom. The molecule has 0 unspecified atom stereocenters. The van der Waals surface area contributed by atoms with Crippen molar-refractivity contribution >= 4 is 21.8 Å². The smallest absolute Gasteiger partial charge is 0.284 e. The quantitative estimate of drug-likeness (QED) is 0.771. The van der Waals surface area contributed by atoms with Crippen molar-refractivity contribution in [1.29, 1.82) is 0 Å². The van der Waals surface area contributed by atoms with Gasteiger partial charge in [0.1, 0.15) is 4.60 Å². The highest BCUT2D eigenvalue weighted by Gasteiger charge is 2.09. The minimum Gasteiger partial charge on any atom is -0.363 e. The Morgan fingerprint density at radius 1 is 1.82 bits per heavy atom. The van der Waals surface area contributed by atoms with Crippen LogP contribution in [0.25, 0.3) is 0 Å². The number of carbonyl (C=O) groups is 1. The molecule has 0 aliphatic rings. The molecule has 0 spiro atoms. The first kappa shape index (κ1) is 8.26. The maximum absolute atomic E-state index is 10.6. The lowest BCUT2D eigenvalue weighted by atomic mass is 10.4. The highest BCUT2D eigenvalue weighted by molar-refractivity contribution is 9.10. The number of imidazole rings is 1. The number of halogens is 1. The summed E-state index contributed by atoms with van der Waals surface area (Å²) < 4.78 is 0.661. The number of primary amides is 1. The van der Waals surface area contributed by atoms with E-state index in [-0.39, 0.29) is 5.82 Å². The van der Waals surface area contributed by atoms with E-state index in [2.05, 4.69) is 25.9 Å². The number of aromatic nitrogens is 2. The number of hydrogen-bond acceptors (Lipinski definition) is 2. The van der Waals surface area contributed by atoms with Crippen LogP contribution < -0.4 is 5.73 Å². The Kier molecular flexibility index (Phi) is 2.28. The zero-order valence-electron chi connectivity index (χ0n) is 6.02. The van der Waals surface area contributed by atoms with E-state index in [1.165, 1.54) is 0 Å². The molecule has 0 fully saturated rings. The molecule has 11 heavy (non-hydrogen) atoms. The molecule has 1 rings (SSSR count). The molecule has 1 amide bonds. The second-order valence-corrected chi connectivity index (χ2v) is 2.82. The third-order valence-corrected chi connectivity index (χ3v) is 1.97. The zero-order chi connectivity index (χ0) is 8.43. The molecule has 60 valence electrons. The summed E-state index contributed by atoms with van der Waals surface area (Å²) in [5.74, 6) is -0.334. The van der Waals surface area contributed by atoms with Crippen molar-refractivity contribution < 1.29 is 4.79 Å². The highest BCUT2D eigenvalue weighted by Crippen LogP contribution is 2.13. The van der Waals surface area contributed by atoms with Crippen molar-refractivity contribution in [3.8, 4) is 0 Å². The average molecular weight is 218 g/mol. The van der Waals surface area contributed by atoms with Gasteiger partial charge in [0, 0.05) is 5.69 Å². The van der Waals surface area contributed by atoms with E-state index >= 15 is 0 Å². The first-order valence-electron chi connectivity index (χ1n) is 3.19. The zero-order valence-corrected chi connectivity index (χ0v) is 7.60. The minimum atomic E-state index is -0.537. The largest absolute Gasteiger partial charge is 0.363 e. The molecule has 4 nitrogen and oxygen atoms in total. The fourth-order valence-electron chi connectivity index (χ4n) is 0.739. The van der Waals surface area contributed by atoms with Gasteiger partial charge in [0.2, 0.25) is 0 Å². The summed E-state index contributed by atoms with van der Waals surface area (Å²) in [6.45, 7) is 1.96. The maximum Gasteiger partial charge on any atom is 0.284 e. The van der Waals surface area contributed by atoms with Gasteiger partial charge in [0.15, 0.2) is 5.82 Å². The summed E-state index contributed by atoms with van der Waals surface area (Å²) in [5, 5.41) is 0. The molecule has 0 bridgehead atoms. The molecule has 1 heterocycles. The molecule has 3 N–H and O–H groups in total. The van der Waals surface area contributed by atoms with Crippen LogP contribution in [0.3, 0.4) is 0 Å². The number of hydrogen-bond donors (Lipinski definition) is 2. The van der Waals surface area contributed by atoms with E-state index in [0.717, 1.165) is 12.1 Å². The summed E-state index contributed by atoms with van der Waals surface area (Å²) in [7, 11) is 0. The van der Waals surface area contributed by atoms with E-state index in [1.807, 2.05) is 6.92 Å². The number of amides is 1. The number of aromatic amines is 1. The van der Waals surface area contributed by atoms with Crippen molar-refractivity contribution in [2.45, 2.75) is 13.3 Å². The summed E-state index contributed by atoms with van der Waals surface area (Å²) in [4.78, 5) is 17.3. The van der Waals surface area contributed by atoms with Gasteiger partial charge in [-0.2, -0.15) is 0 Å². The summed E-state index contributed by atoms with van der Waals surface area (Å²) in [6.07, 6.45) is 0.793. The van der Waals surface area contributed by atoms with Crippen LogP contribution in [0.15, 0.2) is 4.60 Å². The number of carbonyl (C=O) groups excluding carboxylic acids is 1. The molecule has 1 aromatic heterocycles. The standard InChI is InChI=1S/C6H8BrN3O/c1-2-3-4(7)10-6(9-3)5(8)11/h2H2,1H3,(H2,8,11)(H,9,10). The van der Waals surface area contributed by atoms with Gasteiger partial charge in [-0.05, 0) is 22.4 Å². The number of nitrogens with two attached hydrogens (primary N) is 1. The fourth-order valence-corrected chi connectivity index (χ4v) is 1.30. The van der Waals surface area contributed by atoms with Gasteiger partial charge < -0.3 is 10.7 Å². The van der Waals surface area contributed by atoms with E-state index in [9.17, 15) is 4.79 Å². The van der Waals surface area contributed by atoms with Crippen LogP contribution in [0, 0.1) is 0 Å². The van der Waals surface area contributed by atoms with Crippen molar-refractivity contribution in [3.63, 3.8) is 0 Å². The average Bonchev–Trinajstić information content (AvgIpc) is 2.31. The lowest BCUT2D eigenvalue weighted by Crippen LogP contribution is -2.12. The van der Waals surface area contributed by atoms with Gasteiger partial charge in [-0.25, -0.2) is 4.98 Å². The van der Waals surface area contributed by atoms with E-state index in [0.29, 0.717) is 4.60 Å². The topological polar surface area (TPSA) is 71.8 Å². The molecule has 0 aliphatic carbocycles. The summed E-state index contributed by atoms with van der Waals surface area (Å²) >= 11 is 3.20. The van der Waals surface area contributed by atoms with Crippen LogP contribution in [-0.4, -0.2) is 15.9 Å². The predicted molar refractivity (Wildman–Crippen MR) is 44.2 cm³/mol.